The smallest absolute Gasteiger partial charge is 0.129 e. The van der Waals surface area contributed by atoms with Crippen molar-refractivity contribution in [1.29, 1.82) is 0 Å². The van der Waals surface area contributed by atoms with Crippen molar-refractivity contribution in [3.05, 3.63) is 34.6 Å². The SMILES string of the molecule is CC(=O)CCC1(c2cc(Cl)ccc2F)COC1. The molecule has 0 amide bonds. The van der Waals surface area contributed by atoms with E-state index in [1.54, 1.807) is 13.0 Å². The Hall–Kier alpha value is -0.930. The first-order valence-electron chi connectivity index (χ1n) is 5.56. The number of rotatable bonds is 4. The van der Waals surface area contributed by atoms with Gasteiger partial charge in [0.15, 0.2) is 0 Å². The van der Waals surface area contributed by atoms with Gasteiger partial charge in [0, 0.05) is 22.4 Å². The molecule has 4 heteroatoms. The molecule has 0 atom stereocenters. The number of ether oxygens (including phenoxy) is 1. The van der Waals surface area contributed by atoms with Crippen molar-refractivity contribution in [2.45, 2.75) is 25.2 Å². The Labute approximate surface area is 105 Å². The summed E-state index contributed by atoms with van der Waals surface area (Å²) < 4.78 is 19.0. The second kappa shape index (κ2) is 4.75. The third-order valence-corrected chi connectivity index (χ3v) is 3.45. The second-order valence-electron chi connectivity index (χ2n) is 4.60. The second-order valence-corrected chi connectivity index (χ2v) is 5.04. The fourth-order valence-electron chi connectivity index (χ4n) is 2.10. The van der Waals surface area contributed by atoms with Gasteiger partial charge < -0.3 is 9.53 Å². The van der Waals surface area contributed by atoms with Crippen molar-refractivity contribution in [3.63, 3.8) is 0 Å². The molecular formula is C13H14ClFO2. The predicted octanol–water partition coefficient (Wildman–Crippen LogP) is 3.12. The summed E-state index contributed by atoms with van der Waals surface area (Å²) in [5.41, 5.74) is 0.193. The molecule has 2 rings (SSSR count). The average Bonchev–Trinajstić information content (AvgIpc) is 2.21. The Balaban J connectivity index is 2.27. The lowest BCUT2D eigenvalue weighted by atomic mass is 9.74. The van der Waals surface area contributed by atoms with Crippen LogP contribution in [0.2, 0.25) is 5.02 Å². The number of hydrogen-bond acceptors (Lipinski definition) is 2. The maximum atomic E-state index is 13.8. The van der Waals surface area contributed by atoms with Crippen LogP contribution in [0.15, 0.2) is 18.2 Å². The Kier molecular flexibility index (Phi) is 3.50. The van der Waals surface area contributed by atoms with Gasteiger partial charge in [-0.25, -0.2) is 4.39 Å². The Morgan fingerprint density at radius 2 is 2.24 bits per heavy atom. The highest BCUT2D eigenvalue weighted by molar-refractivity contribution is 6.30. The van der Waals surface area contributed by atoms with Crippen molar-refractivity contribution in [2.24, 2.45) is 0 Å². The fourth-order valence-corrected chi connectivity index (χ4v) is 2.27. The summed E-state index contributed by atoms with van der Waals surface area (Å²) in [5, 5.41) is 0.510. The van der Waals surface area contributed by atoms with E-state index in [0.717, 1.165) is 0 Å². The Morgan fingerprint density at radius 3 is 2.76 bits per heavy atom. The minimum Gasteiger partial charge on any atom is -0.379 e. The largest absolute Gasteiger partial charge is 0.379 e. The number of ketones is 1. The van der Waals surface area contributed by atoms with Crippen molar-refractivity contribution in [2.75, 3.05) is 13.2 Å². The first kappa shape index (κ1) is 12.5. The lowest BCUT2D eigenvalue weighted by Crippen LogP contribution is -2.47. The van der Waals surface area contributed by atoms with Crippen LogP contribution in [0.25, 0.3) is 0 Å². The van der Waals surface area contributed by atoms with Gasteiger partial charge in [0.05, 0.1) is 13.2 Å². The Morgan fingerprint density at radius 1 is 1.53 bits per heavy atom. The molecule has 1 aliphatic rings. The molecule has 0 unspecified atom stereocenters. The summed E-state index contributed by atoms with van der Waals surface area (Å²) in [6.45, 7) is 2.45. The van der Waals surface area contributed by atoms with E-state index in [4.69, 9.17) is 16.3 Å². The van der Waals surface area contributed by atoms with Crippen LogP contribution >= 0.6 is 11.6 Å². The highest BCUT2D eigenvalue weighted by Crippen LogP contribution is 2.39. The summed E-state index contributed by atoms with van der Waals surface area (Å²) in [6.07, 6.45) is 1.05. The zero-order valence-electron chi connectivity index (χ0n) is 9.63. The van der Waals surface area contributed by atoms with Crippen LogP contribution in [0.3, 0.4) is 0 Å². The lowest BCUT2D eigenvalue weighted by molar-refractivity contribution is -0.119. The molecule has 2 nitrogen and oxygen atoms in total. The van der Waals surface area contributed by atoms with E-state index in [0.29, 0.717) is 36.6 Å². The van der Waals surface area contributed by atoms with Gasteiger partial charge in [-0.1, -0.05) is 11.6 Å². The van der Waals surface area contributed by atoms with Gasteiger partial charge in [-0.2, -0.15) is 0 Å². The van der Waals surface area contributed by atoms with E-state index in [9.17, 15) is 9.18 Å². The molecule has 0 aliphatic carbocycles. The van der Waals surface area contributed by atoms with E-state index in [-0.39, 0.29) is 17.0 Å². The monoisotopic (exact) mass is 256 g/mol. The molecule has 0 radical (unpaired) electrons. The molecule has 1 heterocycles. The summed E-state index contributed by atoms with van der Waals surface area (Å²) in [7, 11) is 0. The van der Waals surface area contributed by atoms with Crippen molar-refractivity contribution >= 4 is 17.4 Å². The molecular weight excluding hydrogens is 243 g/mol. The molecule has 1 fully saturated rings. The number of carbonyl (C=O) groups is 1. The van der Waals surface area contributed by atoms with Crippen LogP contribution in [-0.4, -0.2) is 19.0 Å². The fraction of sp³-hybridized carbons (Fsp3) is 0.462. The van der Waals surface area contributed by atoms with E-state index in [2.05, 4.69) is 0 Å². The van der Waals surface area contributed by atoms with Gasteiger partial charge in [-0.05, 0) is 31.5 Å². The summed E-state index contributed by atoms with van der Waals surface area (Å²) in [5.74, 6) is -0.167. The first-order chi connectivity index (χ1) is 8.03. The molecule has 17 heavy (non-hydrogen) atoms. The van der Waals surface area contributed by atoms with Crippen LogP contribution in [0.5, 0.6) is 0 Å². The molecule has 1 aromatic rings. The molecule has 0 spiro atoms. The van der Waals surface area contributed by atoms with E-state index < -0.39 is 0 Å². The summed E-state index contributed by atoms with van der Waals surface area (Å²) in [6, 6.07) is 4.53. The summed E-state index contributed by atoms with van der Waals surface area (Å²) in [4.78, 5) is 11.1. The highest BCUT2D eigenvalue weighted by Gasteiger charge is 2.42. The van der Waals surface area contributed by atoms with Crippen LogP contribution in [0.1, 0.15) is 25.3 Å². The van der Waals surface area contributed by atoms with Gasteiger partial charge in [0.1, 0.15) is 11.6 Å². The predicted molar refractivity (Wildman–Crippen MR) is 63.8 cm³/mol. The molecule has 0 N–H and O–H groups in total. The molecule has 0 bridgehead atoms. The van der Waals surface area contributed by atoms with Gasteiger partial charge in [-0.3, -0.25) is 0 Å². The van der Waals surface area contributed by atoms with Gasteiger partial charge in [0.2, 0.25) is 0 Å². The summed E-state index contributed by atoms with van der Waals surface area (Å²) >= 11 is 5.89. The van der Waals surface area contributed by atoms with Gasteiger partial charge in [0.25, 0.3) is 0 Å². The molecule has 1 aliphatic heterocycles. The minimum atomic E-state index is -0.374. The van der Waals surface area contributed by atoms with Crippen LogP contribution in [-0.2, 0) is 14.9 Å². The molecule has 1 saturated heterocycles. The maximum Gasteiger partial charge on any atom is 0.129 e. The zero-order valence-corrected chi connectivity index (χ0v) is 10.4. The van der Waals surface area contributed by atoms with E-state index in [1.807, 2.05) is 0 Å². The zero-order chi connectivity index (χ0) is 12.5. The quantitative estimate of drug-likeness (QED) is 0.827. The number of carbonyl (C=O) groups excluding carboxylic acids is 1. The topological polar surface area (TPSA) is 26.3 Å². The minimum absolute atomic E-state index is 0.110. The van der Waals surface area contributed by atoms with Gasteiger partial charge >= 0.3 is 0 Å². The van der Waals surface area contributed by atoms with Crippen molar-refractivity contribution in [1.82, 2.24) is 0 Å². The number of benzene rings is 1. The standard InChI is InChI=1S/C13H14ClFO2/c1-9(16)4-5-13(7-17-8-13)11-6-10(14)2-3-12(11)15/h2-3,6H,4-5,7-8H2,1H3. The molecule has 0 saturated carbocycles. The van der Waals surface area contributed by atoms with Gasteiger partial charge in [-0.15, -0.1) is 0 Å². The van der Waals surface area contributed by atoms with Crippen LogP contribution < -0.4 is 0 Å². The molecule has 92 valence electrons. The third kappa shape index (κ3) is 2.50. The highest BCUT2D eigenvalue weighted by atomic mass is 35.5. The van der Waals surface area contributed by atoms with E-state index in [1.165, 1.54) is 12.1 Å². The van der Waals surface area contributed by atoms with Crippen LogP contribution in [0, 0.1) is 5.82 Å². The maximum absolute atomic E-state index is 13.8. The van der Waals surface area contributed by atoms with Crippen molar-refractivity contribution in [3.8, 4) is 0 Å². The van der Waals surface area contributed by atoms with Crippen molar-refractivity contribution < 1.29 is 13.9 Å². The first-order valence-corrected chi connectivity index (χ1v) is 5.94. The van der Waals surface area contributed by atoms with E-state index >= 15 is 0 Å². The normalized spacial score (nSPS) is 17.6. The lowest BCUT2D eigenvalue weighted by Gasteiger charge is -2.42. The Bertz CT molecular complexity index is 441. The third-order valence-electron chi connectivity index (χ3n) is 3.21. The van der Waals surface area contributed by atoms with Crippen LogP contribution in [0.4, 0.5) is 4.39 Å². The number of Topliss-reactive ketones (excluding diaryl/α,β-unsaturated/α-hetero) is 1. The average molecular weight is 257 g/mol. The molecule has 1 aromatic carbocycles. The number of halogens is 2. The number of hydrogen-bond donors (Lipinski definition) is 0. The molecule has 0 aromatic heterocycles.